The lowest BCUT2D eigenvalue weighted by molar-refractivity contribution is -0.146. The van der Waals surface area contributed by atoms with Gasteiger partial charge in [0.2, 0.25) is 0 Å². The van der Waals surface area contributed by atoms with Gasteiger partial charge >= 0.3 is 5.97 Å². The topological polar surface area (TPSA) is 74.6 Å². The lowest BCUT2D eigenvalue weighted by atomic mass is 10.1. The van der Waals surface area contributed by atoms with Crippen LogP contribution in [0.15, 0.2) is 34.8 Å². The van der Waals surface area contributed by atoms with Gasteiger partial charge in [-0.15, -0.1) is 0 Å². The summed E-state index contributed by atoms with van der Waals surface area (Å²) in [5.41, 5.74) is 0.382. The van der Waals surface area contributed by atoms with E-state index in [1.165, 1.54) is 0 Å². The van der Waals surface area contributed by atoms with Crippen LogP contribution in [-0.4, -0.2) is 22.0 Å². The van der Waals surface area contributed by atoms with Crippen LogP contribution < -0.4 is 0 Å². The van der Waals surface area contributed by atoms with Crippen molar-refractivity contribution in [3.8, 4) is 0 Å². The number of halogens is 1. The van der Waals surface area contributed by atoms with Gasteiger partial charge in [0.25, 0.3) is 5.78 Å². The molecular formula is C10H7BrO4. The van der Waals surface area contributed by atoms with Crippen molar-refractivity contribution in [2.75, 3.05) is 0 Å². The van der Waals surface area contributed by atoms with Crippen LogP contribution in [0.5, 0.6) is 0 Å². The highest BCUT2D eigenvalue weighted by Gasteiger charge is 2.10. The van der Waals surface area contributed by atoms with E-state index in [1.54, 1.807) is 24.3 Å². The summed E-state index contributed by atoms with van der Waals surface area (Å²) in [5.74, 6) is -3.12. The molecule has 0 spiro atoms. The van der Waals surface area contributed by atoms with Gasteiger partial charge in [0, 0.05) is 16.1 Å². The van der Waals surface area contributed by atoms with Gasteiger partial charge in [0.15, 0.2) is 0 Å². The Labute approximate surface area is 94.0 Å². The maximum atomic E-state index is 10.7. The minimum atomic E-state index is -1.60. The number of carbonyl (C=O) groups excluding carboxylic acids is 1. The van der Waals surface area contributed by atoms with Crippen molar-refractivity contribution >= 4 is 33.4 Å². The van der Waals surface area contributed by atoms with Gasteiger partial charge < -0.3 is 10.2 Å². The lowest BCUT2D eigenvalue weighted by Gasteiger charge is -1.98. The van der Waals surface area contributed by atoms with E-state index < -0.39 is 11.8 Å². The molecule has 0 saturated carbocycles. The Morgan fingerprint density at radius 1 is 1.13 bits per heavy atom. The molecule has 0 unspecified atom stereocenters. The van der Waals surface area contributed by atoms with Crippen molar-refractivity contribution in [1.82, 2.24) is 0 Å². The van der Waals surface area contributed by atoms with Gasteiger partial charge in [-0.1, -0.05) is 28.1 Å². The number of hydrogen-bond acceptors (Lipinski definition) is 3. The molecule has 0 aliphatic rings. The first-order valence-corrected chi connectivity index (χ1v) is 4.74. The average molecular weight is 271 g/mol. The minimum Gasteiger partial charge on any atom is -0.507 e. The third-order valence-corrected chi connectivity index (χ3v) is 2.15. The lowest BCUT2D eigenvalue weighted by Crippen LogP contribution is -2.09. The largest absolute Gasteiger partial charge is 0.507 e. The Hall–Kier alpha value is -1.62. The van der Waals surface area contributed by atoms with Gasteiger partial charge in [-0.25, -0.2) is 4.79 Å². The fraction of sp³-hybridized carbons (Fsp3) is 0. The molecule has 0 aromatic heterocycles. The minimum absolute atomic E-state index is 0.366. The Morgan fingerprint density at radius 2 is 1.67 bits per heavy atom. The molecule has 0 bridgehead atoms. The summed E-state index contributed by atoms with van der Waals surface area (Å²) in [4.78, 5) is 21.0. The first-order valence-electron chi connectivity index (χ1n) is 3.94. The SMILES string of the molecule is O=C(O)C(=O)/C=C(\O)c1ccc(Br)cc1. The first-order chi connectivity index (χ1) is 7.00. The van der Waals surface area contributed by atoms with Crippen molar-refractivity contribution in [2.24, 2.45) is 0 Å². The summed E-state index contributed by atoms with van der Waals surface area (Å²) in [6.07, 6.45) is 0.672. The molecule has 0 radical (unpaired) electrons. The van der Waals surface area contributed by atoms with E-state index in [9.17, 15) is 14.7 Å². The molecule has 0 amide bonds. The molecule has 2 N–H and O–H groups in total. The normalized spacial score (nSPS) is 11.1. The predicted octanol–water partition coefficient (Wildman–Crippen LogP) is 2.00. The highest BCUT2D eigenvalue weighted by Crippen LogP contribution is 2.15. The number of carboxylic acids is 1. The van der Waals surface area contributed by atoms with E-state index >= 15 is 0 Å². The van der Waals surface area contributed by atoms with Gasteiger partial charge in [0.05, 0.1) is 0 Å². The Morgan fingerprint density at radius 3 is 2.13 bits per heavy atom. The highest BCUT2D eigenvalue weighted by atomic mass is 79.9. The van der Waals surface area contributed by atoms with E-state index in [4.69, 9.17) is 5.11 Å². The van der Waals surface area contributed by atoms with Crippen LogP contribution in [0.1, 0.15) is 5.56 Å². The smallest absolute Gasteiger partial charge is 0.376 e. The second-order valence-corrected chi connectivity index (χ2v) is 3.62. The van der Waals surface area contributed by atoms with Crippen LogP contribution in [0.4, 0.5) is 0 Å². The van der Waals surface area contributed by atoms with Crippen LogP contribution in [-0.2, 0) is 9.59 Å². The number of hydrogen-bond donors (Lipinski definition) is 2. The molecule has 1 aromatic carbocycles. The molecule has 15 heavy (non-hydrogen) atoms. The number of aliphatic carboxylic acids is 1. The molecule has 0 atom stereocenters. The van der Waals surface area contributed by atoms with E-state index in [2.05, 4.69) is 15.9 Å². The van der Waals surface area contributed by atoms with Crippen LogP contribution in [0.25, 0.3) is 5.76 Å². The maximum Gasteiger partial charge on any atom is 0.376 e. The third-order valence-electron chi connectivity index (χ3n) is 1.62. The Kier molecular flexibility index (Phi) is 3.62. The van der Waals surface area contributed by atoms with Gasteiger partial charge in [-0.2, -0.15) is 0 Å². The monoisotopic (exact) mass is 270 g/mol. The van der Waals surface area contributed by atoms with Crippen LogP contribution in [0.2, 0.25) is 0 Å². The zero-order chi connectivity index (χ0) is 11.4. The second-order valence-electron chi connectivity index (χ2n) is 2.71. The van der Waals surface area contributed by atoms with E-state index in [1.807, 2.05) is 0 Å². The summed E-state index contributed by atoms with van der Waals surface area (Å²) in [7, 11) is 0. The Bertz CT molecular complexity index is 420. The first kappa shape index (κ1) is 11.5. The van der Waals surface area contributed by atoms with E-state index in [0.717, 1.165) is 4.47 Å². The number of ketones is 1. The standard InChI is InChI=1S/C10H7BrO4/c11-7-3-1-6(2-4-7)8(12)5-9(13)10(14)15/h1-5,12H,(H,14,15)/b8-5-. The Balaban J connectivity index is 2.94. The number of aliphatic hydroxyl groups is 1. The molecule has 0 aliphatic heterocycles. The van der Waals surface area contributed by atoms with Crippen LogP contribution in [0, 0.1) is 0 Å². The molecule has 5 heteroatoms. The molecule has 1 aromatic rings. The highest BCUT2D eigenvalue weighted by molar-refractivity contribution is 9.10. The van der Waals surface area contributed by atoms with E-state index in [-0.39, 0.29) is 5.76 Å². The molecule has 78 valence electrons. The fourth-order valence-corrected chi connectivity index (χ4v) is 1.15. The fourth-order valence-electron chi connectivity index (χ4n) is 0.890. The van der Waals surface area contributed by atoms with Crippen molar-refractivity contribution in [2.45, 2.75) is 0 Å². The molecule has 4 nitrogen and oxygen atoms in total. The van der Waals surface area contributed by atoms with Gasteiger partial charge in [0.1, 0.15) is 5.76 Å². The number of benzene rings is 1. The number of aliphatic hydroxyl groups excluding tert-OH is 1. The number of rotatable bonds is 3. The second kappa shape index (κ2) is 4.75. The third kappa shape index (κ3) is 3.21. The van der Waals surface area contributed by atoms with E-state index in [0.29, 0.717) is 11.6 Å². The zero-order valence-electron chi connectivity index (χ0n) is 7.48. The van der Waals surface area contributed by atoms with Crippen molar-refractivity contribution in [3.63, 3.8) is 0 Å². The van der Waals surface area contributed by atoms with Crippen molar-refractivity contribution in [3.05, 3.63) is 40.4 Å². The maximum absolute atomic E-state index is 10.7. The van der Waals surface area contributed by atoms with Gasteiger partial charge in [-0.3, -0.25) is 4.79 Å². The van der Waals surface area contributed by atoms with Crippen LogP contribution >= 0.6 is 15.9 Å². The van der Waals surface area contributed by atoms with Crippen LogP contribution in [0.3, 0.4) is 0 Å². The average Bonchev–Trinajstić information content (AvgIpc) is 2.18. The molecule has 0 fully saturated rings. The summed E-state index contributed by atoms with van der Waals surface area (Å²) >= 11 is 3.21. The molecule has 0 aliphatic carbocycles. The molecule has 0 saturated heterocycles. The molecular weight excluding hydrogens is 264 g/mol. The van der Waals surface area contributed by atoms with Gasteiger partial charge in [-0.05, 0) is 12.1 Å². The van der Waals surface area contributed by atoms with Crippen molar-refractivity contribution in [1.29, 1.82) is 0 Å². The van der Waals surface area contributed by atoms with Crippen molar-refractivity contribution < 1.29 is 19.8 Å². The number of carboxylic acid groups (broad SMARTS) is 1. The summed E-state index contributed by atoms with van der Waals surface area (Å²) in [5, 5.41) is 17.7. The summed E-state index contributed by atoms with van der Waals surface area (Å²) in [6.45, 7) is 0. The molecule has 1 rings (SSSR count). The zero-order valence-corrected chi connectivity index (χ0v) is 9.06. The summed E-state index contributed by atoms with van der Waals surface area (Å²) < 4.78 is 0.823. The molecule has 0 heterocycles. The number of carbonyl (C=O) groups is 2. The predicted molar refractivity (Wildman–Crippen MR) is 57.4 cm³/mol. The quantitative estimate of drug-likeness (QED) is 0.501. The summed E-state index contributed by atoms with van der Waals surface area (Å²) in [6, 6.07) is 6.46.